The van der Waals surface area contributed by atoms with Crippen LogP contribution < -0.4 is 5.32 Å². The Morgan fingerprint density at radius 1 is 1.37 bits per heavy atom. The van der Waals surface area contributed by atoms with Gasteiger partial charge < -0.3 is 5.32 Å². The Hall–Kier alpha value is -1.39. The van der Waals surface area contributed by atoms with E-state index in [2.05, 4.69) is 36.2 Å². The van der Waals surface area contributed by atoms with Gasteiger partial charge in [-0.15, -0.1) is 0 Å². The number of hydrogen-bond acceptors (Lipinski definition) is 3. The molecule has 0 saturated carbocycles. The van der Waals surface area contributed by atoms with Crippen LogP contribution in [0.1, 0.15) is 32.0 Å². The van der Waals surface area contributed by atoms with E-state index in [1.54, 1.807) is 17.1 Å². The number of rotatable bonds is 3. The molecule has 0 aromatic carbocycles. The zero-order valence-electron chi connectivity index (χ0n) is 11.7. The third-order valence-electron chi connectivity index (χ3n) is 2.73. The van der Waals surface area contributed by atoms with E-state index in [4.69, 9.17) is 11.6 Å². The van der Waals surface area contributed by atoms with Gasteiger partial charge in [-0.2, -0.15) is 5.10 Å². The lowest BCUT2D eigenvalue weighted by Gasteiger charge is -2.21. The predicted octanol–water partition coefficient (Wildman–Crippen LogP) is 3.12. The van der Waals surface area contributed by atoms with E-state index >= 15 is 0 Å². The van der Waals surface area contributed by atoms with Gasteiger partial charge in [0.15, 0.2) is 5.82 Å². The standard InChI is InChI=1S/C14H19ClN4/c1-10-12(15)9-19(18-10)13-11(6-5-7-16-13)8-17-14(2,3)4/h5-7,9,17H,8H2,1-4H3. The summed E-state index contributed by atoms with van der Waals surface area (Å²) in [5, 5.41) is 8.49. The largest absolute Gasteiger partial charge is 0.308 e. The molecule has 5 heteroatoms. The second-order valence-corrected chi connectivity index (χ2v) is 6.00. The Bertz CT molecular complexity index is 550. The van der Waals surface area contributed by atoms with Crippen LogP contribution in [0.25, 0.3) is 5.82 Å². The van der Waals surface area contributed by atoms with E-state index in [1.807, 2.05) is 19.1 Å². The molecule has 4 nitrogen and oxygen atoms in total. The van der Waals surface area contributed by atoms with Crippen molar-refractivity contribution in [2.24, 2.45) is 0 Å². The number of aromatic nitrogens is 3. The molecule has 0 aliphatic carbocycles. The Morgan fingerprint density at radius 2 is 2.11 bits per heavy atom. The van der Waals surface area contributed by atoms with Crippen molar-refractivity contribution in [1.82, 2.24) is 20.1 Å². The SMILES string of the molecule is Cc1nn(-c2ncccc2CNC(C)(C)C)cc1Cl. The Kier molecular flexibility index (Phi) is 3.92. The van der Waals surface area contributed by atoms with Crippen LogP contribution >= 0.6 is 11.6 Å². The Morgan fingerprint density at radius 3 is 2.68 bits per heavy atom. The summed E-state index contributed by atoms with van der Waals surface area (Å²) in [6, 6.07) is 3.98. The Labute approximate surface area is 118 Å². The summed E-state index contributed by atoms with van der Waals surface area (Å²) in [6.45, 7) is 9.03. The van der Waals surface area contributed by atoms with Gasteiger partial charge in [0, 0.05) is 23.8 Å². The molecule has 2 rings (SSSR count). The van der Waals surface area contributed by atoms with E-state index in [-0.39, 0.29) is 5.54 Å². The lowest BCUT2D eigenvalue weighted by atomic mass is 10.1. The van der Waals surface area contributed by atoms with Crippen molar-refractivity contribution in [1.29, 1.82) is 0 Å². The fourth-order valence-corrected chi connectivity index (χ4v) is 1.81. The molecule has 0 aliphatic heterocycles. The molecular weight excluding hydrogens is 260 g/mol. The number of hydrogen-bond donors (Lipinski definition) is 1. The van der Waals surface area contributed by atoms with E-state index in [1.165, 1.54) is 0 Å². The molecule has 0 aliphatic rings. The maximum atomic E-state index is 6.05. The summed E-state index contributed by atoms with van der Waals surface area (Å²) < 4.78 is 1.73. The lowest BCUT2D eigenvalue weighted by molar-refractivity contribution is 0.423. The highest BCUT2D eigenvalue weighted by Crippen LogP contribution is 2.18. The fraction of sp³-hybridized carbons (Fsp3) is 0.429. The minimum Gasteiger partial charge on any atom is -0.308 e. The number of nitrogens with one attached hydrogen (secondary N) is 1. The molecule has 2 aromatic heterocycles. The van der Waals surface area contributed by atoms with Crippen LogP contribution in [0.3, 0.4) is 0 Å². The highest BCUT2D eigenvalue weighted by molar-refractivity contribution is 6.31. The zero-order valence-corrected chi connectivity index (χ0v) is 12.5. The molecule has 0 atom stereocenters. The van der Waals surface area contributed by atoms with Crippen LogP contribution in [0.15, 0.2) is 24.5 Å². The van der Waals surface area contributed by atoms with Crippen molar-refractivity contribution < 1.29 is 0 Å². The fourth-order valence-electron chi connectivity index (χ4n) is 1.68. The zero-order chi connectivity index (χ0) is 14.0. The van der Waals surface area contributed by atoms with Crippen LogP contribution in [-0.4, -0.2) is 20.3 Å². The van der Waals surface area contributed by atoms with Crippen molar-refractivity contribution in [2.45, 2.75) is 39.8 Å². The quantitative estimate of drug-likeness (QED) is 0.938. The van der Waals surface area contributed by atoms with Crippen LogP contribution in [0.4, 0.5) is 0 Å². The number of pyridine rings is 1. The first kappa shape index (κ1) is 14.0. The first-order valence-corrected chi connectivity index (χ1v) is 6.66. The van der Waals surface area contributed by atoms with Crippen molar-refractivity contribution >= 4 is 11.6 Å². The number of nitrogens with zero attached hydrogens (tertiary/aromatic N) is 3. The Balaban J connectivity index is 2.31. The predicted molar refractivity (Wildman–Crippen MR) is 77.7 cm³/mol. The third kappa shape index (κ3) is 3.55. The summed E-state index contributed by atoms with van der Waals surface area (Å²) >= 11 is 6.05. The summed E-state index contributed by atoms with van der Waals surface area (Å²) in [5.41, 5.74) is 1.96. The first-order chi connectivity index (χ1) is 8.87. The molecule has 0 spiro atoms. The van der Waals surface area contributed by atoms with Gasteiger partial charge >= 0.3 is 0 Å². The van der Waals surface area contributed by atoms with Crippen molar-refractivity contribution in [3.8, 4) is 5.82 Å². The summed E-state index contributed by atoms with van der Waals surface area (Å²) in [7, 11) is 0. The summed E-state index contributed by atoms with van der Waals surface area (Å²) in [6.07, 6.45) is 3.56. The van der Waals surface area contributed by atoms with E-state index in [9.17, 15) is 0 Å². The van der Waals surface area contributed by atoms with Crippen molar-refractivity contribution in [2.75, 3.05) is 0 Å². The van der Waals surface area contributed by atoms with Gasteiger partial charge in [0.1, 0.15) is 0 Å². The topological polar surface area (TPSA) is 42.7 Å². The minimum atomic E-state index is 0.0603. The molecule has 0 unspecified atom stereocenters. The number of aryl methyl sites for hydroxylation is 1. The molecule has 0 saturated heterocycles. The first-order valence-electron chi connectivity index (χ1n) is 6.28. The third-order valence-corrected chi connectivity index (χ3v) is 3.10. The lowest BCUT2D eigenvalue weighted by Crippen LogP contribution is -2.35. The number of halogens is 1. The van der Waals surface area contributed by atoms with Gasteiger partial charge in [-0.1, -0.05) is 17.7 Å². The highest BCUT2D eigenvalue weighted by Gasteiger charge is 2.13. The second kappa shape index (κ2) is 5.31. The van der Waals surface area contributed by atoms with Crippen molar-refractivity contribution in [3.05, 3.63) is 40.8 Å². The van der Waals surface area contributed by atoms with Gasteiger partial charge in [-0.25, -0.2) is 9.67 Å². The molecule has 19 heavy (non-hydrogen) atoms. The smallest absolute Gasteiger partial charge is 0.157 e. The highest BCUT2D eigenvalue weighted by atomic mass is 35.5. The van der Waals surface area contributed by atoms with Crippen LogP contribution in [0.2, 0.25) is 5.02 Å². The van der Waals surface area contributed by atoms with Crippen LogP contribution in [-0.2, 0) is 6.54 Å². The van der Waals surface area contributed by atoms with Crippen molar-refractivity contribution in [3.63, 3.8) is 0 Å². The van der Waals surface area contributed by atoms with Gasteiger partial charge in [0.05, 0.1) is 16.9 Å². The molecule has 2 heterocycles. The monoisotopic (exact) mass is 278 g/mol. The molecule has 0 amide bonds. The molecule has 2 aromatic rings. The summed E-state index contributed by atoms with van der Waals surface area (Å²) in [4.78, 5) is 4.41. The molecular formula is C14H19ClN4. The van der Waals surface area contributed by atoms with Gasteiger partial charge in [0.25, 0.3) is 0 Å². The average Bonchev–Trinajstić information content (AvgIpc) is 2.66. The van der Waals surface area contributed by atoms with Gasteiger partial charge in [0.2, 0.25) is 0 Å². The normalized spacial score (nSPS) is 11.8. The van der Waals surface area contributed by atoms with E-state index in [0.717, 1.165) is 23.6 Å². The minimum absolute atomic E-state index is 0.0603. The molecule has 0 fully saturated rings. The summed E-state index contributed by atoms with van der Waals surface area (Å²) in [5.74, 6) is 0.814. The second-order valence-electron chi connectivity index (χ2n) is 5.60. The molecule has 0 bridgehead atoms. The van der Waals surface area contributed by atoms with E-state index < -0.39 is 0 Å². The molecule has 0 radical (unpaired) electrons. The maximum Gasteiger partial charge on any atom is 0.157 e. The van der Waals surface area contributed by atoms with Gasteiger partial charge in [-0.05, 0) is 33.8 Å². The van der Waals surface area contributed by atoms with Crippen LogP contribution in [0, 0.1) is 6.92 Å². The average molecular weight is 279 g/mol. The molecule has 102 valence electrons. The van der Waals surface area contributed by atoms with E-state index in [0.29, 0.717) is 5.02 Å². The molecule has 1 N–H and O–H groups in total. The van der Waals surface area contributed by atoms with Crippen LogP contribution in [0.5, 0.6) is 0 Å². The maximum absolute atomic E-state index is 6.05. The van der Waals surface area contributed by atoms with Gasteiger partial charge in [-0.3, -0.25) is 0 Å².